The zero-order valence-electron chi connectivity index (χ0n) is 9.80. The van der Waals surface area contributed by atoms with Gasteiger partial charge in [0.1, 0.15) is 6.54 Å². The first-order chi connectivity index (χ1) is 8.11. The molecule has 1 atom stereocenters. The summed E-state index contributed by atoms with van der Waals surface area (Å²) in [6, 6.07) is 1.74. The standard InChI is InChI=1S/C11H17N3O3/c1-2-9(6-11(16)17)7-12-10(15)8-14-5-3-4-13-14/h3-5,9H,2,6-8H2,1H3,(H,12,15)(H,16,17). The Morgan fingerprint density at radius 3 is 2.82 bits per heavy atom. The van der Waals surface area contributed by atoms with Crippen molar-refractivity contribution >= 4 is 11.9 Å². The van der Waals surface area contributed by atoms with Crippen LogP contribution in [0.4, 0.5) is 0 Å². The third-order valence-electron chi connectivity index (χ3n) is 2.49. The van der Waals surface area contributed by atoms with Gasteiger partial charge in [0.25, 0.3) is 0 Å². The van der Waals surface area contributed by atoms with Crippen LogP contribution in [0.3, 0.4) is 0 Å². The van der Waals surface area contributed by atoms with Crippen LogP contribution in [-0.4, -0.2) is 33.3 Å². The second kappa shape index (κ2) is 6.67. The topological polar surface area (TPSA) is 84.2 Å². The zero-order chi connectivity index (χ0) is 12.7. The largest absolute Gasteiger partial charge is 0.481 e. The van der Waals surface area contributed by atoms with Crippen molar-refractivity contribution in [2.75, 3.05) is 6.54 Å². The lowest BCUT2D eigenvalue weighted by Crippen LogP contribution is -2.32. The number of aromatic nitrogens is 2. The minimum absolute atomic E-state index is 0.0194. The molecule has 1 amide bonds. The average Bonchev–Trinajstić information content (AvgIpc) is 2.76. The monoisotopic (exact) mass is 239 g/mol. The molecule has 0 saturated carbocycles. The fourth-order valence-electron chi connectivity index (χ4n) is 1.46. The van der Waals surface area contributed by atoms with Gasteiger partial charge in [0, 0.05) is 25.4 Å². The fraction of sp³-hybridized carbons (Fsp3) is 0.545. The molecule has 0 aromatic carbocycles. The van der Waals surface area contributed by atoms with E-state index >= 15 is 0 Å². The molecule has 0 aliphatic rings. The molecular weight excluding hydrogens is 222 g/mol. The maximum Gasteiger partial charge on any atom is 0.303 e. The Hall–Kier alpha value is -1.85. The maximum atomic E-state index is 11.5. The fourth-order valence-corrected chi connectivity index (χ4v) is 1.46. The Labute approximate surface area is 99.6 Å². The van der Waals surface area contributed by atoms with Gasteiger partial charge < -0.3 is 10.4 Å². The van der Waals surface area contributed by atoms with Gasteiger partial charge in [-0.05, 0) is 12.0 Å². The van der Waals surface area contributed by atoms with E-state index < -0.39 is 5.97 Å². The molecule has 0 aliphatic heterocycles. The molecule has 17 heavy (non-hydrogen) atoms. The Kier molecular flexibility index (Phi) is 5.19. The summed E-state index contributed by atoms with van der Waals surface area (Å²) in [5.74, 6) is -1.01. The molecule has 0 saturated heterocycles. The molecule has 1 heterocycles. The van der Waals surface area contributed by atoms with Gasteiger partial charge in [-0.3, -0.25) is 14.3 Å². The number of carboxylic acid groups (broad SMARTS) is 1. The number of nitrogens with zero attached hydrogens (tertiary/aromatic N) is 2. The van der Waals surface area contributed by atoms with Gasteiger partial charge in [0.15, 0.2) is 0 Å². The van der Waals surface area contributed by atoms with Crippen molar-refractivity contribution in [3.05, 3.63) is 18.5 Å². The number of aliphatic carboxylic acids is 1. The van der Waals surface area contributed by atoms with Gasteiger partial charge in [-0.15, -0.1) is 0 Å². The van der Waals surface area contributed by atoms with E-state index in [0.717, 1.165) is 6.42 Å². The summed E-state index contributed by atoms with van der Waals surface area (Å²) in [6.07, 6.45) is 4.12. The SMILES string of the molecule is CCC(CNC(=O)Cn1cccn1)CC(=O)O. The summed E-state index contributed by atoms with van der Waals surface area (Å²) < 4.78 is 1.52. The van der Waals surface area contributed by atoms with Crippen LogP contribution in [0.25, 0.3) is 0 Å². The Morgan fingerprint density at radius 2 is 2.29 bits per heavy atom. The third-order valence-corrected chi connectivity index (χ3v) is 2.49. The van der Waals surface area contributed by atoms with E-state index in [9.17, 15) is 9.59 Å². The van der Waals surface area contributed by atoms with Crippen LogP contribution in [0.5, 0.6) is 0 Å². The lowest BCUT2D eigenvalue weighted by atomic mass is 10.0. The number of carbonyl (C=O) groups is 2. The Balaban J connectivity index is 2.29. The van der Waals surface area contributed by atoms with Crippen molar-refractivity contribution in [3.8, 4) is 0 Å². The molecule has 2 N–H and O–H groups in total. The zero-order valence-corrected chi connectivity index (χ0v) is 9.80. The van der Waals surface area contributed by atoms with Gasteiger partial charge in [-0.25, -0.2) is 0 Å². The number of carbonyl (C=O) groups excluding carboxylic acids is 1. The highest BCUT2D eigenvalue weighted by molar-refractivity contribution is 5.75. The first kappa shape index (κ1) is 13.2. The van der Waals surface area contributed by atoms with Crippen molar-refractivity contribution in [1.29, 1.82) is 0 Å². The number of carboxylic acids is 1. The van der Waals surface area contributed by atoms with Gasteiger partial charge in [-0.1, -0.05) is 13.3 Å². The van der Waals surface area contributed by atoms with E-state index in [0.29, 0.717) is 6.54 Å². The molecule has 6 nitrogen and oxygen atoms in total. The molecule has 1 rings (SSSR count). The second-order valence-corrected chi connectivity index (χ2v) is 3.88. The lowest BCUT2D eigenvalue weighted by Gasteiger charge is -2.13. The summed E-state index contributed by atoms with van der Waals surface area (Å²) in [4.78, 5) is 22.0. The van der Waals surface area contributed by atoms with Crippen molar-refractivity contribution < 1.29 is 14.7 Å². The van der Waals surface area contributed by atoms with Crippen LogP contribution < -0.4 is 5.32 Å². The molecule has 1 aromatic heterocycles. The number of amides is 1. The quantitative estimate of drug-likeness (QED) is 0.725. The summed E-state index contributed by atoms with van der Waals surface area (Å²) in [5.41, 5.74) is 0. The molecular formula is C11H17N3O3. The molecule has 94 valence electrons. The normalized spacial score (nSPS) is 12.1. The highest BCUT2D eigenvalue weighted by Gasteiger charge is 2.12. The number of rotatable bonds is 7. The Morgan fingerprint density at radius 1 is 1.53 bits per heavy atom. The van der Waals surface area contributed by atoms with Gasteiger partial charge in [0.05, 0.1) is 0 Å². The van der Waals surface area contributed by atoms with Crippen molar-refractivity contribution in [2.24, 2.45) is 5.92 Å². The number of hydrogen-bond donors (Lipinski definition) is 2. The molecule has 0 radical (unpaired) electrons. The Bertz CT molecular complexity index is 362. The molecule has 0 aliphatic carbocycles. The van der Waals surface area contributed by atoms with E-state index in [1.165, 1.54) is 4.68 Å². The molecule has 1 unspecified atom stereocenters. The summed E-state index contributed by atoms with van der Waals surface area (Å²) in [5, 5.41) is 15.3. The predicted octanol–water partition coefficient (Wildman–Crippen LogP) is 0.500. The highest BCUT2D eigenvalue weighted by atomic mass is 16.4. The summed E-state index contributed by atoms with van der Waals surface area (Å²) in [6.45, 7) is 2.46. The first-order valence-corrected chi connectivity index (χ1v) is 5.57. The second-order valence-electron chi connectivity index (χ2n) is 3.88. The van der Waals surface area contributed by atoms with Crippen LogP contribution in [0.15, 0.2) is 18.5 Å². The van der Waals surface area contributed by atoms with Crippen molar-refractivity contribution in [1.82, 2.24) is 15.1 Å². The number of hydrogen-bond acceptors (Lipinski definition) is 3. The highest BCUT2D eigenvalue weighted by Crippen LogP contribution is 2.06. The van der Waals surface area contributed by atoms with E-state index in [-0.39, 0.29) is 24.8 Å². The van der Waals surface area contributed by atoms with E-state index in [1.807, 2.05) is 6.92 Å². The maximum absolute atomic E-state index is 11.5. The minimum atomic E-state index is -0.835. The van der Waals surface area contributed by atoms with E-state index in [1.54, 1.807) is 18.5 Å². The van der Waals surface area contributed by atoms with Crippen molar-refractivity contribution in [2.45, 2.75) is 26.3 Å². The third kappa shape index (κ3) is 5.14. The number of nitrogens with one attached hydrogen (secondary N) is 1. The molecule has 0 bridgehead atoms. The predicted molar refractivity (Wildman–Crippen MR) is 61.3 cm³/mol. The van der Waals surface area contributed by atoms with Crippen LogP contribution in [0, 0.1) is 5.92 Å². The minimum Gasteiger partial charge on any atom is -0.481 e. The molecule has 6 heteroatoms. The smallest absolute Gasteiger partial charge is 0.303 e. The van der Waals surface area contributed by atoms with Crippen LogP contribution in [-0.2, 0) is 16.1 Å². The van der Waals surface area contributed by atoms with Crippen molar-refractivity contribution in [3.63, 3.8) is 0 Å². The van der Waals surface area contributed by atoms with Gasteiger partial charge in [0.2, 0.25) is 5.91 Å². The van der Waals surface area contributed by atoms with E-state index in [2.05, 4.69) is 10.4 Å². The molecule has 0 fully saturated rings. The van der Waals surface area contributed by atoms with Crippen LogP contribution in [0.2, 0.25) is 0 Å². The average molecular weight is 239 g/mol. The molecule has 1 aromatic rings. The van der Waals surface area contributed by atoms with Crippen LogP contribution >= 0.6 is 0 Å². The first-order valence-electron chi connectivity index (χ1n) is 5.57. The van der Waals surface area contributed by atoms with Crippen LogP contribution in [0.1, 0.15) is 19.8 Å². The summed E-state index contributed by atoms with van der Waals surface area (Å²) in [7, 11) is 0. The lowest BCUT2D eigenvalue weighted by molar-refractivity contribution is -0.138. The van der Waals surface area contributed by atoms with E-state index in [4.69, 9.17) is 5.11 Å². The summed E-state index contributed by atoms with van der Waals surface area (Å²) >= 11 is 0. The van der Waals surface area contributed by atoms with Gasteiger partial charge in [-0.2, -0.15) is 5.10 Å². The molecule has 0 spiro atoms. The van der Waals surface area contributed by atoms with Gasteiger partial charge >= 0.3 is 5.97 Å².